The van der Waals surface area contributed by atoms with Gasteiger partial charge in [-0.25, -0.2) is 0 Å². The van der Waals surface area contributed by atoms with Crippen LogP contribution < -0.4 is 0 Å². The van der Waals surface area contributed by atoms with Crippen molar-refractivity contribution < 1.29 is 57.2 Å². The maximum Gasteiger partial charge on any atom is 0.416 e. The lowest BCUT2D eigenvalue weighted by atomic mass is 9.80. The van der Waals surface area contributed by atoms with Crippen LogP contribution >= 0.6 is 0 Å². The molecule has 0 unspecified atom stereocenters. The molecule has 12 rings (SSSR count). The van der Waals surface area contributed by atoms with E-state index in [-0.39, 0.29) is 57.9 Å². The molecule has 8 aromatic carbocycles. The molecule has 0 fully saturated rings. The van der Waals surface area contributed by atoms with Gasteiger partial charge in [0.15, 0.2) is 0 Å². The number of halogens is 9. The molecule has 82 heavy (non-hydrogen) atoms. The first-order chi connectivity index (χ1) is 39.4. The number of benzene rings is 8. The van der Waals surface area contributed by atoms with Crippen LogP contribution in [0.15, 0.2) is 206 Å². The van der Waals surface area contributed by atoms with Gasteiger partial charge in [-0.15, -0.1) is 40.8 Å². The maximum absolute atomic E-state index is 13.8. The molecule has 0 amide bonds. The topological polar surface area (TPSA) is 156 Å². The van der Waals surface area contributed by atoms with Crippen molar-refractivity contribution in [3.8, 4) is 103 Å². The van der Waals surface area contributed by atoms with E-state index < -0.39 is 41.1 Å². The lowest BCUT2D eigenvalue weighted by Gasteiger charge is -2.23. The Morgan fingerprint density at radius 2 is 0.585 bits per heavy atom. The molecule has 0 N–H and O–H groups in total. The number of hydrogen-bond donors (Lipinski definition) is 0. The number of alkyl halides is 9. The Hall–Kier alpha value is -10.3. The molecule has 0 spiro atoms. The summed E-state index contributed by atoms with van der Waals surface area (Å²) in [4.78, 5) is 0. The third-order valence-corrected chi connectivity index (χ3v) is 13.3. The molecule has 0 saturated carbocycles. The van der Waals surface area contributed by atoms with Crippen LogP contribution in [0.25, 0.3) is 103 Å². The molecule has 1 atom stereocenters. The van der Waals surface area contributed by atoms with Crippen LogP contribution in [0.2, 0.25) is 0 Å². The fourth-order valence-corrected chi connectivity index (χ4v) is 9.29. The number of rotatable bonds is 12. The molecule has 0 bridgehead atoms. The van der Waals surface area contributed by atoms with Crippen molar-refractivity contribution in [3.63, 3.8) is 0 Å². The van der Waals surface area contributed by atoms with Gasteiger partial charge in [0.25, 0.3) is 0 Å². The minimum atomic E-state index is -4.64. The average Bonchev–Trinajstić information content (AvgIpc) is 3.84. The zero-order valence-corrected chi connectivity index (χ0v) is 42.1. The number of hydrogen-bond acceptors (Lipinski definition) is 12. The highest BCUT2D eigenvalue weighted by atomic mass is 19.4. The van der Waals surface area contributed by atoms with Crippen LogP contribution in [-0.2, 0) is 18.5 Å². The van der Waals surface area contributed by atoms with E-state index in [2.05, 4.69) is 40.8 Å². The highest BCUT2D eigenvalue weighted by molar-refractivity contribution is 5.79. The second kappa shape index (κ2) is 20.7. The normalized spacial score (nSPS) is 12.5. The summed E-state index contributed by atoms with van der Waals surface area (Å²) in [6.07, 6.45) is -13.9. The Kier molecular flexibility index (Phi) is 13.2. The summed E-state index contributed by atoms with van der Waals surface area (Å²) in [6.45, 7) is 1.95. The van der Waals surface area contributed by atoms with Gasteiger partial charge in [0, 0.05) is 50.4 Å². The van der Waals surface area contributed by atoms with Crippen LogP contribution in [0.1, 0.15) is 44.9 Å². The third-order valence-electron chi connectivity index (χ3n) is 13.3. The standard InChI is InChI=1S/C61H35F9N8O4/c1-33-7-2-9-39(27-33)53-73-71-51(79-53)36-21-17-34(18-22-36)50(35-19-23-37(24-20-35)52-72-75-55(80-52)41-11-4-14-45(29-41)59(62,63)64)48-26-25-44(58-78-77-57(82-58)43-13-6-16-47(31-43)61(68,69)70)32-49(48)38-8-3-10-40(28-38)54-74-76-56(81-54)42-12-5-15-46(30-42)60(65,66)67/h2-32,50H,1H3/t50-/m0/s1. The van der Waals surface area contributed by atoms with Gasteiger partial charge in [0.05, 0.1) is 16.7 Å². The van der Waals surface area contributed by atoms with Gasteiger partial charge in [0.2, 0.25) is 47.1 Å². The van der Waals surface area contributed by atoms with Gasteiger partial charge >= 0.3 is 18.5 Å². The molecule has 0 aliphatic rings. The summed E-state index contributed by atoms with van der Waals surface area (Å²) in [5.74, 6) is -0.514. The van der Waals surface area contributed by atoms with E-state index >= 15 is 0 Å². The zero-order valence-electron chi connectivity index (χ0n) is 42.1. The van der Waals surface area contributed by atoms with Crippen LogP contribution in [0.4, 0.5) is 39.5 Å². The summed E-state index contributed by atoms with van der Waals surface area (Å²) in [7, 11) is 0. The first-order valence-corrected chi connectivity index (χ1v) is 24.8. The Bertz CT molecular complexity index is 4300. The highest BCUT2D eigenvalue weighted by Gasteiger charge is 2.34. The van der Waals surface area contributed by atoms with Gasteiger partial charge in [-0.2, -0.15) is 39.5 Å². The number of aryl methyl sites for hydroxylation is 1. The van der Waals surface area contributed by atoms with Crippen molar-refractivity contribution in [2.45, 2.75) is 31.4 Å². The van der Waals surface area contributed by atoms with Crippen LogP contribution in [0.3, 0.4) is 0 Å². The predicted octanol–water partition coefficient (Wildman–Crippen LogP) is 16.8. The van der Waals surface area contributed by atoms with Crippen molar-refractivity contribution in [1.29, 1.82) is 0 Å². The van der Waals surface area contributed by atoms with Crippen molar-refractivity contribution in [3.05, 3.63) is 227 Å². The number of aromatic nitrogens is 8. The first kappa shape index (κ1) is 52.4. The van der Waals surface area contributed by atoms with E-state index in [0.29, 0.717) is 50.4 Å². The van der Waals surface area contributed by atoms with Gasteiger partial charge in [-0.05, 0) is 150 Å². The Balaban J connectivity index is 0.977. The van der Waals surface area contributed by atoms with E-state index in [9.17, 15) is 39.5 Å². The smallest absolute Gasteiger partial charge is 0.416 e. The summed E-state index contributed by atoms with van der Waals surface area (Å²) < 4.78 is 147. The Labute approximate surface area is 457 Å². The second-order valence-corrected chi connectivity index (χ2v) is 18.8. The molecule has 406 valence electrons. The summed E-state index contributed by atoms with van der Waals surface area (Å²) in [5, 5.41) is 33.5. The lowest BCUT2D eigenvalue weighted by Crippen LogP contribution is -2.06. The molecular weight excluding hydrogens is 1080 g/mol. The second-order valence-electron chi connectivity index (χ2n) is 18.8. The molecule has 0 aliphatic carbocycles. The summed E-state index contributed by atoms with van der Waals surface area (Å²) in [6, 6.07) is 48.0. The molecular formula is C61H35F9N8O4. The zero-order chi connectivity index (χ0) is 56.9. The largest absolute Gasteiger partial charge is 0.416 e. The molecule has 21 heteroatoms. The fraction of sp³-hybridized carbons (Fsp3) is 0.0820. The van der Waals surface area contributed by atoms with E-state index in [1.165, 1.54) is 36.4 Å². The molecule has 0 radical (unpaired) electrons. The van der Waals surface area contributed by atoms with Crippen LogP contribution in [-0.4, -0.2) is 40.8 Å². The van der Waals surface area contributed by atoms with E-state index in [0.717, 1.165) is 53.1 Å². The molecule has 12 nitrogen and oxygen atoms in total. The van der Waals surface area contributed by atoms with Gasteiger partial charge < -0.3 is 17.7 Å². The van der Waals surface area contributed by atoms with Crippen molar-refractivity contribution in [2.24, 2.45) is 0 Å². The van der Waals surface area contributed by atoms with Gasteiger partial charge in [0.1, 0.15) is 0 Å². The molecule has 0 saturated heterocycles. The minimum Gasteiger partial charge on any atom is -0.416 e. The Morgan fingerprint density at radius 1 is 0.293 bits per heavy atom. The van der Waals surface area contributed by atoms with E-state index in [4.69, 9.17) is 17.7 Å². The van der Waals surface area contributed by atoms with Crippen molar-refractivity contribution in [1.82, 2.24) is 40.8 Å². The van der Waals surface area contributed by atoms with Crippen LogP contribution in [0.5, 0.6) is 0 Å². The molecule has 12 aromatic rings. The monoisotopic (exact) mass is 1110 g/mol. The summed E-state index contributed by atoms with van der Waals surface area (Å²) in [5.41, 5.74) is 4.30. The van der Waals surface area contributed by atoms with E-state index in [1.807, 2.05) is 73.7 Å². The lowest BCUT2D eigenvalue weighted by molar-refractivity contribution is -0.138. The maximum atomic E-state index is 13.8. The SMILES string of the molecule is Cc1cccc(-c2nnc(-c3ccc([C@@H](c4ccc(-c5nnc(-c6cccc(C(F)(F)F)c6)o5)cc4)c4ccc(-c5nnc(-c6cccc(C(F)(F)F)c6)o5)cc4-c4cccc(-c5nnc(-c6cccc(C(F)(F)F)c6)o5)c4)cc3)o2)c1. The minimum absolute atomic E-state index is 0.0128. The quantitative estimate of drug-likeness (QED) is 0.0844. The average molecular weight is 1110 g/mol. The van der Waals surface area contributed by atoms with Crippen molar-refractivity contribution >= 4 is 0 Å². The highest BCUT2D eigenvalue weighted by Crippen LogP contribution is 2.43. The summed E-state index contributed by atoms with van der Waals surface area (Å²) >= 11 is 0. The predicted molar refractivity (Wildman–Crippen MR) is 280 cm³/mol. The third kappa shape index (κ3) is 10.8. The molecule has 4 heterocycles. The Morgan fingerprint density at radius 3 is 0.951 bits per heavy atom. The molecule has 4 aromatic heterocycles. The fourth-order valence-electron chi connectivity index (χ4n) is 9.29. The van der Waals surface area contributed by atoms with Gasteiger partial charge in [-0.3, -0.25) is 0 Å². The van der Waals surface area contributed by atoms with E-state index in [1.54, 1.807) is 48.5 Å². The van der Waals surface area contributed by atoms with Gasteiger partial charge in [-0.1, -0.05) is 78.4 Å². The van der Waals surface area contributed by atoms with Crippen LogP contribution in [0, 0.1) is 6.92 Å². The molecule has 0 aliphatic heterocycles. The first-order valence-electron chi connectivity index (χ1n) is 24.8. The number of nitrogens with zero attached hydrogens (tertiary/aromatic N) is 8. The van der Waals surface area contributed by atoms with Crippen molar-refractivity contribution in [2.75, 3.05) is 0 Å².